The van der Waals surface area contributed by atoms with Gasteiger partial charge in [-0.1, -0.05) is 30.5 Å². The second kappa shape index (κ2) is 7.17. The van der Waals surface area contributed by atoms with Gasteiger partial charge in [-0.3, -0.25) is 14.9 Å². The first kappa shape index (κ1) is 16.7. The van der Waals surface area contributed by atoms with Crippen LogP contribution in [0.3, 0.4) is 0 Å². The monoisotopic (exact) mass is 347 g/mol. The molecule has 2 aromatic heterocycles. The molecule has 0 radical (unpaired) electrons. The smallest absolute Gasteiger partial charge is 0.314 e. The summed E-state index contributed by atoms with van der Waals surface area (Å²) >= 11 is 1.72. The van der Waals surface area contributed by atoms with Crippen molar-refractivity contribution in [1.29, 1.82) is 0 Å². The Balaban J connectivity index is 1.62. The zero-order valence-electron chi connectivity index (χ0n) is 13.6. The van der Waals surface area contributed by atoms with Crippen molar-refractivity contribution in [3.63, 3.8) is 0 Å². The quantitative estimate of drug-likeness (QED) is 0.833. The van der Waals surface area contributed by atoms with E-state index >= 15 is 0 Å². The number of nitrogens with zero attached hydrogens (tertiary/aromatic N) is 1. The fraction of sp³-hybridized carbons (Fsp3) is 0.471. The lowest BCUT2D eigenvalue weighted by atomic mass is 9.73. The number of thiophene rings is 1. The van der Waals surface area contributed by atoms with Crippen molar-refractivity contribution in [2.75, 3.05) is 11.9 Å². The molecule has 0 spiro atoms. The molecule has 0 bridgehead atoms. The van der Waals surface area contributed by atoms with Crippen LogP contribution in [0.1, 0.15) is 42.7 Å². The molecule has 0 aliphatic heterocycles. The average molecular weight is 347 g/mol. The second-order valence-electron chi connectivity index (χ2n) is 6.28. The summed E-state index contributed by atoms with van der Waals surface area (Å²) in [7, 11) is 0. The van der Waals surface area contributed by atoms with Crippen LogP contribution in [0.2, 0.25) is 0 Å². The molecule has 2 N–H and O–H groups in total. The van der Waals surface area contributed by atoms with Gasteiger partial charge in [0.1, 0.15) is 5.76 Å². The number of rotatable bonds is 4. The summed E-state index contributed by atoms with van der Waals surface area (Å²) in [5.74, 6) is -0.541. The molecule has 1 aliphatic carbocycles. The van der Waals surface area contributed by atoms with E-state index < -0.39 is 11.8 Å². The number of amides is 2. The number of aryl methyl sites for hydroxylation is 1. The summed E-state index contributed by atoms with van der Waals surface area (Å²) in [5.41, 5.74) is -0.0488. The molecular weight excluding hydrogens is 326 g/mol. The Morgan fingerprint density at radius 3 is 2.71 bits per heavy atom. The molecule has 24 heavy (non-hydrogen) atoms. The summed E-state index contributed by atoms with van der Waals surface area (Å²) in [6.45, 7) is 2.20. The maximum absolute atomic E-state index is 12.1. The molecule has 1 fully saturated rings. The molecule has 128 valence electrons. The summed E-state index contributed by atoms with van der Waals surface area (Å²) < 4.78 is 4.87. The van der Waals surface area contributed by atoms with Crippen molar-refractivity contribution in [3.8, 4) is 0 Å². The first-order valence-corrected chi connectivity index (χ1v) is 9.03. The van der Waals surface area contributed by atoms with Gasteiger partial charge in [-0.05, 0) is 31.2 Å². The van der Waals surface area contributed by atoms with Crippen LogP contribution < -0.4 is 10.6 Å². The molecule has 1 saturated carbocycles. The zero-order valence-corrected chi connectivity index (χ0v) is 14.4. The summed E-state index contributed by atoms with van der Waals surface area (Å²) in [6, 6.07) is 5.73. The van der Waals surface area contributed by atoms with Crippen molar-refractivity contribution in [3.05, 3.63) is 34.2 Å². The van der Waals surface area contributed by atoms with Gasteiger partial charge in [-0.2, -0.15) is 0 Å². The standard InChI is InChI=1S/C17H21N3O3S/c1-12-10-14(20-23-12)19-16(22)15(21)18-11-17(7-3-2-4-8-17)13-6-5-9-24-13/h5-6,9-10H,2-4,7-8,11H2,1H3,(H,18,21)(H,19,20,22). The van der Waals surface area contributed by atoms with Crippen LogP contribution in [-0.4, -0.2) is 23.5 Å². The molecule has 0 unspecified atom stereocenters. The van der Waals surface area contributed by atoms with Crippen LogP contribution in [0.4, 0.5) is 5.82 Å². The average Bonchev–Trinajstić information content (AvgIpc) is 3.25. The molecule has 7 heteroatoms. The van der Waals surface area contributed by atoms with Gasteiger partial charge < -0.3 is 9.84 Å². The molecule has 0 atom stereocenters. The molecule has 0 aromatic carbocycles. The highest BCUT2D eigenvalue weighted by Gasteiger charge is 2.35. The summed E-state index contributed by atoms with van der Waals surface area (Å²) in [6.07, 6.45) is 5.61. The van der Waals surface area contributed by atoms with E-state index in [9.17, 15) is 9.59 Å². The maximum Gasteiger partial charge on any atom is 0.314 e. The third kappa shape index (κ3) is 3.67. The van der Waals surface area contributed by atoms with Crippen molar-refractivity contribution in [2.45, 2.75) is 44.4 Å². The van der Waals surface area contributed by atoms with Gasteiger partial charge in [0.25, 0.3) is 0 Å². The van der Waals surface area contributed by atoms with E-state index in [0.717, 1.165) is 25.7 Å². The largest absolute Gasteiger partial charge is 0.360 e. The van der Waals surface area contributed by atoms with Crippen molar-refractivity contribution < 1.29 is 14.1 Å². The van der Waals surface area contributed by atoms with Crippen LogP contribution in [-0.2, 0) is 15.0 Å². The first-order valence-electron chi connectivity index (χ1n) is 8.16. The Kier molecular flexibility index (Phi) is 4.99. The SMILES string of the molecule is Cc1cc(NC(=O)C(=O)NCC2(c3cccs3)CCCCC2)no1. The van der Waals surface area contributed by atoms with Crippen LogP contribution in [0.15, 0.2) is 28.1 Å². The molecular formula is C17H21N3O3S. The Morgan fingerprint density at radius 2 is 2.08 bits per heavy atom. The lowest BCUT2D eigenvalue weighted by Gasteiger charge is -2.36. The Hall–Kier alpha value is -2.15. The second-order valence-corrected chi connectivity index (χ2v) is 7.23. The van der Waals surface area contributed by atoms with Gasteiger partial charge in [0, 0.05) is 22.9 Å². The molecule has 6 nitrogen and oxygen atoms in total. The minimum atomic E-state index is -0.722. The minimum absolute atomic E-state index is 0.0488. The first-order chi connectivity index (χ1) is 11.6. The third-order valence-corrected chi connectivity index (χ3v) is 5.63. The normalized spacial score (nSPS) is 16.5. The third-order valence-electron chi connectivity index (χ3n) is 4.52. The predicted octanol–water partition coefficient (Wildman–Crippen LogP) is 3.00. The van der Waals surface area contributed by atoms with Crippen LogP contribution in [0, 0.1) is 6.92 Å². The Labute approximate surface area is 144 Å². The van der Waals surface area contributed by atoms with Crippen molar-refractivity contribution in [2.24, 2.45) is 0 Å². The van der Waals surface area contributed by atoms with Gasteiger partial charge in [-0.25, -0.2) is 0 Å². The van der Waals surface area contributed by atoms with E-state index in [4.69, 9.17) is 4.52 Å². The van der Waals surface area contributed by atoms with Crippen LogP contribution >= 0.6 is 11.3 Å². The number of anilines is 1. The lowest BCUT2D eigenvalue weighted by Crippen LogP contribution is -2.45. The maximum atomic E-state index is 12.1. The number of carbonyl (C=O) groups is 2. The molecule has 3 rings (SSSR count). The number of aromatic nitrogens is 1. The summed E-state index contributed by atoms with van der Waals surface area (Å²) in [4.78, 5) is 25.4. The minimum Gasteiger partial charge on any atom is -0.360 e. The van der Waals surface area contributed by atoms with E-state index in [1.165, 1.54) is 11.3 Å². The number of hydrogen-bond donors (Lipinski definition) is 2. The van der Waals surface area contributed by atoms with Gasteiger partial charge >= 0.3 is 11.8 Å². The molecule has 2 amide bonds. The van der Waals surface area contributed by atoms with E-state index in [0.29, 0.717) is 12.3 Å². The Morgan fingerprint density at radius 1 is 1.29 bits per heavy atom. The number of nitrogens with one attached hydrogen (secondary N) is 2. The highest BCUT2D eigenvalue weighted by molar-refractivity contribution is 7.10. The van der Waals surface area contributed by atoms with E-state index in [1.54, 1.807) is 24.3 Å². The van der Waals surface area contributed by atoms with E-state index in [2.05, 4.69) is 27.2 Å². The van der Waals surface area contributed by atoms with Gasteiger partial charge in [0.05, 0.1) is 0 Å². The van der Waals surface area contributed by atoms with Gasteiger partial charge in [-0.15, -0.1) is 11.3 Å². The lowest BCUT2D eigenvalue weighted by molar-refractivity contribution is -0.136. The molecule has 0 saturated heterocycles. The Bertz CT molecular complexity index is 702. The summed E-state index contributed by atoms with van der Waals surface area (Å²) in [5, 5.41) is 11.0. The molecule has 2 heterocycles. The topological polar surface area (TPSA) is 84.2 Å². The number of hydrogen-bond acceptors (Lipinski definition) is 5. The fourth-order valence-corrected chi connectivity index (χ4v) is 4.23. The van der Waals surface area contributed by atoms with Crippen molar-refractivity contribution in [1.82, 2.24) is 10.5 Å². The van der Waals surface area contributed by atoms with Crippen LogP contribution in [0.25, 0.3) is 0 Å². The highest BCUT2D eigenvalue weighted by Crippen LogP contribution is 2.41. The van der Waals surface area contributed by atoms with E-state index in [1.807, 2.05) is 6.07 Å². The fourth-order valence-electron chi connectivity index (χ4n) is 3.25. The zero-order chi connectivity index (χ0) is 17.0. The van der Waals surface area contributed by atoms with Crippen molar-refractivity contribution >= 4 is 29.0 Å². The molecule has 1 aliphatic rings. The molecule has 2 aromatic rings. The van der Waals surface area contributed by atoms with E-state index in [-0.39, 0.29) is 11.2 Å². The van der Waals surface area contributed by atoms with Gasteiger partial charge in [0.15, 0.2) is 5.82 Å². The van der Waals surface area contributed by atoms with Gasteiger partial charge in [0.2, 0.25) is 0 Å². The highest BCUT2D eigenvalue weighted by atomic mass is 32.1. The number of carbonyl (C=O) groups excluding carboxylic acids is 2. The predicted molar refractivity (Wildman–Crippen MR) is 92.0 cm³/mol. The van der Waals surface area contributed by atoms with Crippen LogP contribution in [0.5, 0.6) is 0 Å².